The second-order valence-electron chi connectivity index (χ2n) is 7.40. The van der Waals surface area contributed by atoms with Crippen molar-refractivity contribution in [3.63, 3.8) is 0 Å². The molecule has 148 valence electrons. The number of fused-ring (bicyclic) bond motifs is 1. The van der Waals surface area contributed by atoms with Crippen LogP contribution >= 0.6 is 11.3 Å². The van der Waals surface area contributed by atoms with E-state index in [0.717, 1.165) is 0 Å². The van der Waals surface area contributed by atoms with Gasteiger partial charge < -0.3 is 9.15 Å². The minimum atomic E-state index is -0.654. The van der Waals surface area contributed by atoms with Crippen molar-refractivity contribution in [1.82, 2.24) is 19.7 Å². The predicted octanol–water partition coefficient (Wildman–Crippen LogP) is 4.47. The highest BCUT2D eigenvalue weighted by atomic mass is 32.1. The number of rotatable bonds is 3. The molecule has 3 heterocycles. The maximum absolute atomic E-state index is 13.1. The van der Waals surface area contributed by atoms with Gasteiger partial charge in [-0.05, 0) is 26.8 Å². The van der Waals surface area contributed by atoms with Gasteiger partial charge in [0.05, 0.1) is 11.1 Å². The number of benzene rings is 1. The molecule has 0 amide bonds. The van der Waals surface area contributed by atoms with Crippen molar-refractivity contribution < 1.29 is 18.7 Å². The Labute approximate surface area is 170 Å². The molecule has 0 atom stereocenters. The molecule has 0 bridgehead atoms. The zero-order valence-corrected chi connectivity index (χ0v) is 17.1. The first-order chi connectivity index (χ1) is 13.7. The lowest BCUT2D eigenvalue weighted by atomic mass is 10.1. The van der Waals surface area contributed by atoms with Crippen LogP contribution in [-0.4, -0.2) is 37.2 Å². The highest BCUT2D eigenvalue weighted by molar-refractivity contribution is 7.12. The average Bonchev–Trinajstić information content (AvgIpc) is 3.37. The fraction of sp³-hybridized carbons (Fsp3) is 0.250. The summed E-state index contributed by atoms with van der Waals surface area (Å²) in [5.41, 5.74) is 0.747. The van der Waals surface area contributed by atoms with Gasteiger partial charge in [0.1, 0.15) is 11.3 Å². The lowest BCUT2D eigenvalue weighted by Gasteiger charge is -2.19. The molecular formula is C20H18N4O4S. The molecule has 0 aliphatic carbocycles. The number of aromatic nitrogens is 4. The fourth-order valence-electron chi connectivity index (χ4n) is 2.81. The Morgan fingerprint density at radius 3 is 2.62 bits per heavy atom. The van der Waals surface area contributed by atoms with E-state index in [4.69, 9.17) is 9.15 Å². The first kappa shape index (κ1) is 19.0. The number of aryl methyl sites for hydroxylation is 1. The van der Waals surface area contributed by atoms with Gasteiger partial charge in [-0.25, -0.2) is 9.78 Å². The molecule has 4 rings (SSSR count). The van der Waals surface area contributed by atoms with E-state index in [1.807, 2.05) is 6.07 Å². The van der Waals surface area contributed by atoms with Crippen LogP contribution < -0.4 is 0 Å². The Morgan fingerprint density at radius 1 is 1.17 bits per heavy atom. The SMILES string of the molecule is Cc1nnc(-c2csc(C(=O)c3cn(C(=O)OC(C)(C)C)c4ccccc34)n2)o1. The van der Waals surface area contributed by atoms with Crippen molar-refractivity contribution in [2.75, 3.05) is 0 Å². The Morgan fingerprint density at radius 2 is 1.93 bits per heavy atom. The molecule has 29 heavy (non-hydrogen) atoms. The van der Waals surface area contributed by atoms with Crippen molar-refractivity contribution >= 4 is 34.1 Å². The van der Waals surface area contributed by atoms with Gasteiger partial charge in [0, 0.05) is 23.9 Å². The van der Waals surface area contributed by atoms with Crippen LogP contribution in [0.1, 0.15) is 42.0 Å². The van der Waals surface area contributed by atoms with Crippen LogP contribution in [0.2, 0.25) is 0 Å². The number of hydrogen-bond acceptors (Lipinski definition) is 8. The zero-order chi connectivity index (χ0) is 20.8. The van der Waals surface area contributed by atoms with E-state index in [0.29, 0.717) is 28.1 Å². The first-order valence-corrected chi connectivity index (χ1v) is 9.75. The van der Waals surface area contributed by atoms with Crippen molar-refractivity contribution in [1.29, 1.82) is 0 Å². The molecule has 0 spiro atoms. The van der Waals surface area contributed by atoms with Crippen LogP contribution in [0.4, 0.5) is 4.79 Å². The van der Waals surface area contributed by atoms with E-state index in [-0.39, 0.29) is 16.7 Å². The van der Waals surface area contributed by atoms with Crippen LogP contribution in [0, 0.1) is 6.92 Å². The van der Waals surface area contributed by atoms with Crippen LogP contribution in [0.25, 0.3) is 22.5 Å². The molecular weight excluding hydrogens is 392 g/mol. The van der Waals surface area contributed by atoms with Crippen LogP contribution in [0.5, 0.6) is 0 Å². The van der Waals surface area contributed by atoms with Crippen LogP contribution in [-0.2, 0) is 4.74 Å². The number of hydrogen-bond donors (Lipinski definition) is 0. The summed E-state index contributed by atoms with van der Waals surface area (Å²) < 4.78 is 12.2. The summed E-state index contributed by atoms with van der Waals surface area (Å²) >= 11 is 1.18. The standard InChI is InChI=1S/C20H18N4O4S/c1-11-22-23-17(27-11)14-10-29-18(21-14)16(25)13-9-24(19(26)28-20(2,3)4)15-8-6-5-7-12(13)15/h5-10H,1-4H3. The largest absolute Gasteiger partial charge is 0.443 e. The number of thiazole rings is 1. The van der Waals surface area contributed by atoms with Gasteiger partial charge in [-0.2, -0.15) is 0 Å². The number of nitrogens with zero attached hydrogens (tertiary/aromatic N) is 4. The van der Waals surface area contributed by atoms with Crippen LogP contribution in [0.15, 0.2) is 40.3 Å². The minimum Gasteiger partial charge on any atom is -0.443 e. The lowest BCUT2D eigenvalue weighted by Crippen LogP contribution is -2.26. The molecule has 0 radical (unpaired) electrons. The third-order valence-electron chi connectivity index (χ3n) is 3.99. The highest BCUT2D eigenvalue weighted by Crippen LogP contribution is 2.28. The summed E-state index contributed by atoms with van der Waals surface area (Å²) in [7, 11) is 0. The van der Waals surface area contributed by atoms with Crippen molar-refractivity contribution in [2.45, 2.75) is 33.3 Å². The lowest BCUT2D eigenvalue weighted by molar-refractivity contribution is 0.0544. The molecule has 0 aliphatic rings. The van der Waals surface area contributed by atoms with Gasteiger partial charge in [-0.15, -0.1) is 21.5 Å². The molecule has 0 aliphatic heterocycles. The molecule has 9 heteroatoms. The molecule has 0 unspecified atom stereocenters. The number of ketones is 1. The van der Waals surface area contributed by atoms with E-state index in [9.17, 15) is 9.59 Å². The Kier molecular flexibility index (Phi) is 4.54. The van der Waals surface area contributed by atoms with Crippen molar-refractivity contribution in [3.8, 4) is 11.6 Å². The Hall–Kier alpha value is -3.33. The molecule has 0 saturated carbocycles. The van der Waals surface area contributed by atoms with Gasteiger partial charge in [0.15, 0.2) is 5.01 Å². The summed E-state index contributed by atoms with van der Waals surface area (Å²) in [5, 5.41) is 10.3. The van der Waals surface area contributed by atoms with Gasteiger partial charge >= 0.3 is 6.09 Å². The topological polar surface area (TPSA) is 100 Å². The molecule has 0 saturated heterocycles. The number of para-hydroxylation sites is 1. The molecule has 1 aromatic carbocycles. The maximum Gasteiger partial charge on any atom is 0.419 e. The van der Waals surface area contributed by atoms with Crippen LogP contribution in [0.3, 0.4) is 0 Å². The predicted molar refractivity (Wildman–Crippen MR) is 107 cm³/mol. The molecule has 4 aromatic rings. The van der Waals surface area contributed by atoms with E-state index in [2.05, 4.69) is 15.2 Å². The summed E-state index contributed by atoms with van der Waals surface area (Å²) in [5.74, 6) is 0.381. The monoisotopic (exact) mass is 410 g/mol. The zero-order valence-electron chi connectivity index (χ0n) is 16.3. The Bertz CT molecular complexity index is 1230. The molecule has 3 aromatic heterocycles. The number of carbonyl (C=O) groups excluding carboxylic acids is 2. The third kappa shape index (κ3) is 3.68. The summed E-state index contributed by atoms with van der Waals surface area (Å²) in [6, 6.07) is 7.17. The van der Waals surface area contributed by atoms with Crippen molar-refractivity contribution in [2.24, 2.45) is 0 Å². The van der Waals surface area contributed by atoms with Gasteiger partial charge in [0.2, 0.25) is 11.7 Å². The first-order valence-electron chi connectivity index (χ1n) is 8.87. The van der Waals surface area contributed by atoms with Gasteiger partial charge in [-0.1, -0.05) is 18.2 Å². The number of carbonyl (C=O) groups is 2. The summed E-state index contributed by atoms with van der Waals surface area (Å²) in [4.78, 5) is 30.1. The fourth-order valence-corrected chi connectivity index (χ4v) is 3.56. The summed E-state index contributed by atoms with van der Waals surface area (Å²) in [6.45, 7) is 7.05. The van der Waals surface area contributed by atoms with Gasteiger partial charge in [-0.3, -0.25) is 9.36 Å². The molecule has 0 fully saturated rings. The van der Waals surface area contributed by atoms with Gasteiger partial charge in [0.25, 0.3) is 5.89 Å². The van der Waals surface area contributed by atoms with Crippen molar-refractivity contribution in [3.05, 3.63) is 52.3 Å². The number of ether oxygens (including phenoxy) is 1. The maximum atomic E-state index is 13.1. The minimum absolute atomic E-state index is 0.258. The quantitative estimate of drug-likeness (QED) is 0.459. The highest BCUT2D eigenvalue weighted by Gasteiger charge is 2.25. The van der Waals surface area contributed by atoms with E-state index < -0.39 is 11.7 Å². The second kappa shape index (κ2) is 6.93. The smallest absolute Gasteiger partial charge is 0.419 e. The molecule has 8 nitrogen and oxygen atoms in total. The van der Waals surface area contributed by atoms with E-state index in [1.165, 1.54) is 22.1 Å². The summed E-state index contributed by atoms with van der Waals surface area (Å²) in [6.07, 6.45) is 0.952. The Balaban J connectivity index is 1.73. The normalized spacial score (nSPS) is 11.7. The van der Waals surface area contributed by atoms with E-state index in [1.54, 1.807) is 51.3 Å². The second-order valence-corrected chi connectivity index (χ2v) is 8.26. The molecule has 0 N–H and O–H groups in total. The van der Waals surface area contributed by atoms with E-state index >= 15 is 0 Å². The third-order valence-corrected chi connectivity index (χ3v) is 4.83. The average molecular weight is 410 g/mol.